The van der Waals surface area contributed by atoms with Crippen LogP contribution in [0.1, 0.15) is 39.0 Å². The molecule has 0 bridgehead atoms. The first-order valence-corrected chi connectivity index (χ1v) is 9.30. The van der Waals surface area contributed by atoms with E-state index in [1.165, 1.54) is 0 Å². The van der Waals surface area contributed by atoms with Gasteiger partial charge in [0, 0.05) is 26.1 Å². The molecule has 2 aliphatic heterocycles. The van der Waals surface area contributed by atoms with Crippen molar-refractivity contribution in [3.05, 3.63) is 0 Å². The molecule has 0 amide bonds. The molecule has 2 saturated heterocycles. The van der Waals surface area contributed by atoms with E-state index in [4.69, 9.17) is 9.84 Å². The number of nitrogens with zero attached hydrogens (tertiary/aromatic N) is 1. The Morgan fingerprint density at radius 2 is 2.14 bits per heavy atom. The number of rotatable bonds is 6. The molecule has 0 aromatic carbocycles. The van der Waals surface area contributed by atoms with Gasteiger partial charge in [-0.3, -0.25) is 4.79 Å². The highest BCUT2D eigenvalue weighted by molar-refractivity contribution is 7.89. The zero-order valence-corrected chi connectivity index (χ0v) is 13.3. The topological polar surface area (TPSA) is 83.9 Å². The molecule has 2 rings (SSSR count). The molecule has 0 spiro atoms. The molecule has 0 aliphatic carbocycles. The molecule has 3 unspecified atom stereocenters. The summed E-state index contributed by atoms with van der Waals surface area (Å²) in [5.41, 5.74) is 0. The maximum absolute atomic E-state index is 12.5. The Hall–Kier alpha value is -0.660. The van der Waals surface area contributed by atoms with Crippen LogP contribution in [0.25, 0.3) is 0 Å². The highest BCUT2D eigenvalue weighted by Crippen LogP contribution is 2.28. The summed E-state index contributed by atoms with van der Waals surface area (Å²) in [6, 6.07) is 0. The first-order valence-electron chi connectivity index (χ1n) is 7.69. The van der Waals surface area contributed by atoms with Gasteiger partial charge in [0.2, 0.25) is 10.0 Å². The number of ether oxygens (including phenoxy) is 1. The van der Waals surface area contributed by atoms with E-state index in [0.29, 0.717) is 19.7 Å². The average molecular weight is 319 g/mol. The van der Waals surface area contributed by atoms with E-state index in [-0.39, 0.29) is 30.1 Å². The van der Waals surface area contributed by atoms with Gasteiger partial charge in [-0.2, -0.15) is 0 Å². The molecule has 2 aliphatic rings. The molecule has 122 valence electrons. The van der Waals surface area contributed by atoms with E-state index < -0.39 is 16.0 Å². The molecule has 6 nitrogen and oxygen atoms in total. The summed E-state index contributed by atoms with van der Waals surface area (Å²) in [5.74, 6) is -0.619. The Balaban J connectivity index is 1.94. The molecular weight excluding hydrogens is 294 g/mol. The van der Waals surface area contributed by atoms with Gasteiger partial charge in [0.05, 0.1) is 11.9 Å². The lowest BCUT2D eigenvalue weighted by Crippen LogP contribution is -2.44. The van der Waals surface area contributed by atoms with Crippen LogP contribution in [-0.2, 0) is 19.6 Å². The minimum Gasteiger partial charge on any atom is -0.481 e. The molecule has 0 aromatic heterocycles. The van der Waals surface area contributed by atoms with Crippen LogP contribution in [0.5, 0.6) is 0 Å². The zero-order chi connectivity index (χ0) is 15.5. The largest absolute Gasteiger partial charge is 0.481 e. The molecule has 0 radical (unpaired) electrons. The molecule has 0 saturated carbocycles. The number of carboxylic acids is 1. The number of carbonyl (C=O) groups is 1. The monoisotopic (exact) mass is 319 g/mol. The van der Waals surface area contributed by atoms with Crippen molar-refractivity contribution in [2.75, 3.05) is 25.4 Å². The number of sulfonamides is 1. The lowest BCUT2D eigenvalue weighted by molar-refractivity contribution is -0.138. The van der Waals surface area contributed by atoms with Crippen LogP contribution >= 0.6 is 0 Å². The van der Waals surface area contributed by atoms with E-state index in [2.05, 4.69) is 0 Å². The summed E-state index contributed by atoms with van der Waals surface area (Å²) >= 11 is 0. The van der Waals surface area contributed by atoms with Gasteiger partial charge in [-0.15, -0.1) is 0 Å². The van der Waals surface area contributed by atoms with Crippen molar-refractivity contribution in [2.24, 2.45) is 11.8 Å². The van der Waals surface area contributed by atoms with Gasteiger partial charge < -0.3 is 9.84 Å². The second-order valence-corrected chi connectivity index (χ2v) is 8.26. The number of aliphatic carboxylic acids is 1. The van der Waals surface area contributed by atoms with E-state index in [0.717, 1.165) is 25.7 Å². The smallest absolute Gasteiger partial charge is 0.303 e. The highest BCUT2D eigenvalue weighted by atomic mass is 32.2. The first kappa shape index (κ1) is 16.7. The minimum absolute atomic E-state index is 0.00299. The van der Waals surface area contributed by atoms with E-state index >= 15 is 0 Å². The summed E-state index contributed by atoms with van der Waals surface area (Å²) in [4.78, 5) is 10.8. The van der Waals surface area contributed by atoms with Crippen LogP contribution in [0.3, 0.4) is 0 Å². The Morgan fingerprint density at radius 3 is 2.76 bits per heavy atom. The summed E-state index contributed by atoms with van der Waals surface area (Å²) in [6.45, 7) is 3.54. The fraction of sp³-hybridized carbons (Fsp3) is 0.929. The van der Waals surface area contributed by atoms with Crippen LogP contribution in [0.4, 0.5) is 0 Å². The van der Waals surface area contributed by atoms with Crippen molar-refractivity contribution in [3.8, 4) is 0 Å². The lowest BCUT2D eigenvalue weighted by Gasteiger charge is -2.35. The van der Waals surface area contributed by atoms with Crippen LogP contribution in [0.2, 0.25) is 0 Å². The van der Waals surface area contributed by atoms with Gasteiger partial charge in [-0.1, -0.05) is 6.92 Å². The summed E-state index contributed by atoms with van der Waals surface area (Å²) in [7, 11) is -3.30. The molecule has 3 atom stereocenters. The second kappa shape index (κ2) is 7.07. The van der Waals surface area contributed by atoms with Crippen LogP contribution in [-0.4, -0.2) is 55.4 Å². The minimum atomic E-state index is -3.30. The summed E-state index contributed by atoms with van der Waals surface area (Å²) < 4.78 is 31.9. The van der Waals surface area contributed by atoms with Crippen LogP contribution < -0.4 is 0 Å². The Labute approximate surface area is 126 Å². The first-order chi connectivity index (χ1) is 9.88. The normalized spacial score (nSPS) is 29.4. The third-order valence-electron chi connectivity index (χ3n) is 4.54. The van der Waals surface area contributed by atoms with Gasteiger partial charge in [0.15, 0.2) is 0 Å². The van der Waals surface area contributed by atoms with Crippen LogP contribution in [0.15, 0.2) is 0 Å². The molecule has 7 heteroatoms. The van der Waals surface area contributed by atoms with Gasteiger partial charge in [0.1, 0.15) is 0 Å². The lowest BCUT2D eigenvalue weighted by atomic mass is 9.85. The number of carboxylic acid groups (broad SMARTS) is 1. The van der Waals surface area contributed by atoms with Gasteiger partial charge in [0.25, 0.3) is 0 Å². The van der Waals surface area contributed by atoms with Crippen molar-refractivity contribution < 1.29 is 23.1 Å². The van der Waals surface area contributed by atoms with E-state index in [1.807, 2.05) is 6.92 Å². The maximum atomic E-state index is 12.5. The number of piperidine rings is 1. The maximum Gasteiger partial charge on any atom is 0.303 e. The molecule has 0 aromatic rings. The molecule has 21 heavy (non-hydrogen) atoms. The molecule has 2 heterocycles. The Morgan fingerprint density at radius 1 is 1.38 bits per heavy atom. The van der Waals surface area contributed by atoms with Gasteiger partial charge in [-0.25, -0.2) is 12.7 Å². The van der Waals surface area contributed by atoms with Crippen molar-refractivity contribution in [1.82, 2.24) is 4.31 Å². The Kier molecular flexibility index (Phi) is 5.62. The van der Waals surface area contributed by atoms with E-state index in [1.54, 1.807) is 4.31 Å². The van der Waals surface area contributed by atoms with Gasteiger partial charge in [-0.05, 0) is 37.5 Å². The highest BCUT2D eigenvalue weighted by Gasteiger charge is 2.34. The number of hydrogen-bond donors (Lipinski definition) is 1. The van der Waals surface area contributed by atoms with Gasteiger partial charge >= 0.3 is 5.97 Å². The van der Waals surface area contributed by atoms with Crippen LogP contribution in [0, 0.1) is 11.8 Å². The molecule has 2 fully saturated rings. The fourth-order valence-corrected chi connectivity index (χ4v) is 5.02. The third kappa shape index (κ3) is 4.66. The standard InChI is InChI=1S/C14H25NO5S/c1-11(8-14(16)17)12-4-2-6-15(9-12)21(18,19)10-13-5-3-7-20-13/h11-13H,2-10H2,1H3,(H,16,17). The Bertz CT molecular complexity index is 458. The molecule has 1 N–H and O–H groups in total. The SMILES string of the molecule is CC(CC(=O)O)C1CCCN(S(=O)(=O)CC2CCCO2)C1. The quantitative estimate of drug-likeness (QED) is 0.798. The second-order valence-electron chi connectivity index (χ2n) is 6.25. The average Bonchev–Trinajstić information content (AvgIpc) is 2.90. The van der Waals surface area contributed by atoms with E-state index in [9.17, 15) is 13.2 Å². The predicted molar refractivity (Wildman–Crippen MR) is 78.5 cm³/mol. The summed E-state index contributed by atoms with van der Waals surface area (Å²) in [6.07, 6.45) is 3.38. The zero-order valence-electron chi connectivity index (χ0n) is 12.5. The van der Waals surface area contributed by atoms with Crippen molar-refractivity contribution >= 4 is 16.0 Å². The van der Waals surface area contributed by atoms with Crippen molar-refractivity contribution in [1.29, 1.82) is 0 Å². The molecular formula is C14H25NO5S. The van der Waals surface area contributed by atoms with Crippen molar-refractivity contribution in [3.63, 3.8) is 0 Å². The fourth-order valence-electron chi connectivity index (χ4n) is 3.25. The summed E-state index contributed by atoms with van der Waals surface area (Å²) in [5, 5.41) is 8.88. The predicted octanol–water partition coefficient (Wildman–Crippen LogP) is 1.32. The van der Waals surface area contributed by atoms with Crippen molar-refractivity contribution in [2.45, 2.75) is 45.1 Å². The number of hydrogen-bond acceptors (Lipinski definition) is 4. The third-order valence-corrected chi connectivity index (χ3v) is 6.45.